The van der Waals surface area contributed by atoms with Crippen molar-refractivity contribution in [3.8, 4) is 0 Å². The summed E-state index contributed by atoms with van der Waals surface area (Å²) in [4.78, 5) is 11.4. The smallest absolute Gasteiger partial charge is 0.337 e. The van der Waals surface area contributed by atoms with Crippen LogP contribution in [0, 0.1) is 6.92 Å². The van der Waals surface area contributed by atoms with Crippen LogP contribution >= 0.6 is 0 Å². The Morgan fingerprint density at radius 1 is 1.33 bits per heavy atom. The van der Waals surface area contributed by atoms with Gasteiger partial charge in [0.05, 0.1) is 6.61 Å². The number of ether oxygens (including phenoxy) is 1. The molecule has 0 spiro atoms. The summed E-state index contributed by atoms with van der Waals surface area (Å²) in [5, 5.41) is 9.42. The molecule has 0 aliphatic heterocycles. The van der Waals surface area contributed by atoms with E-state index in [1.807, 2.05) is 0 Å². The van der Waals surface area contributed by atoms with E-state index in [9.17, 15) is 9.90 Å². The summed E-state index contributed by atoms with van der Waals surface area (Å²) in [6, 6.07) is 8.35. The molecule has 0 aliphatic rings. The van der Waals surface area contributed by atoms with E-state index < -0.39 is 11.6 Å². The van der Waals surface area contributed by atoms with E-state index in [1.165, 1.54) is 25.0 Å². The van der Waals surface area contributed by atoms with E-state index in [0.717, 1.165) is 6.42 Å². The number of benzene rings is 1. The van der Waals surface area contributed by atoms with Crippen molar-refractivity contribution >= 4 is 5.97 Å². The lowest BCUT2D eigenvalue weighted by Crippen LogP contribution is -2.33. The lowest BCUT2D eigenvalue weighted by atomic mass is 9.97. The first-order chi connectivity index (χ1) is 8.30. The molecule has 0 aromatic heterocycles. The molecule has 0 radical (unpaired) electrons. The first-order valence-electron chi connectivity index (χ1n) is 6.27. The summed E-state index contributed by atoms with van der Waals surface area (Å²) < 4.78 is 5.03. The van der Waals surface area contributed by atoms with Crippen LogP contribution in [0.3, 0.4) is 0 Å². The van der Waals surface area contributed by atoms with Gasteiger partial charge in [-0.15, -0.1) is 0 Å². The van der Waals surface area contributed by atoms with Crippen molar-refractivity contribution in [1.29, 1.82) is 0 Å². The monoisotopic (exact) mass is 250 g/mol. The second-order valence-corrected chi connectivity index (χ2v) is 5.30. The van der Waals surface area contributed by atoms with E-state index in [4.69, 9.17) is 4.74 Å². The third-order valence-corrected chi connectivity index (χ3v) is 2.93. The van der Waals surface area contributed by atoms with Crippen molar-refractivity contribution in [2.24, 2.45) is 0 Å². The maximum atomic E-state index is 11.4. The Bertz CT molecular complexity index is 387. The zero-order valence-electron chi connectivity index (χ0n) is 11.6. The predicted molar refractivity (Wildman–Crippen MR) is 71.5 cm³/mol. The van der Waals surface area contributed by atoms with Crippen LogP contribution in [0.25, 0.3) is 0 Å². The highest BCUT2D eigenvalue weighted by molar-refractivity contribution is 5.78. The number of aryl methyl sites for hydroxylation is 1. The van der Waals surface area contributed by atoms with Gasteiger partial charge >= 0.3 is 5.97 Å². The maximum Gasteiger partial charge on any atom is 0.337 e. The Hall–Kier alpha value is -1.35. The molecular weight excluding hydrogens is 228 g/mol. The van der Waals surface area contributed by atoms with Gasteiger partial charge < -0.3 is 9.84 Å². The SMILES string of the molecule is Cc1ccc(C(C)CCOC(=O)C(C)(C)O)cc1. The van der Waals surface area contributed by atoms with Crippen LogP contribution in [-0.2, 0) is 9.53 Å². The van der Waals surface area contributed by atoms with Gasteiger partial charge in [-0.2, -0.15) is 0 Å². The van der Waals surface area contributed by atoms with Crippen molar-refractivity contribution in [2.45, 2.75) is 45.6 Å². The second-order valence-electron chi connectivity index (χ2n) is 5.30. The fourth-order valence-electron chi connectivity index (χ4n) is 1.57. The summed E-state index contributed by atoms with van der Waals surface area (Å²) >= 11 is 0. The standard InChI is InChI=1S/C15H22O3/c1-11-5-7-13(8-6-11)12(2)9-10-18-14(16)15(3,4)17/h5-8,12,17H,9-10H2,1-4H3. The average Bonchev–Trinajstić information content (AvgIpc) is 2.28. The van der Waals surface area contributed by atoms with Crippen LogP contribution in [0.1, 0.15) is 44.2 Å². The average molecular weight is 250 g/mol. The topological polar surface area (TPSA) is 46.5 Å². The Balaban J connectivity index is 2.40. The molecule has 100 valence electrons. The van der Waals surface area contributed by atoms with Gasteiger partial charge in [-0.1, -0.05) is 36.8 Å². The summed E-state index contributed by atoms with van der Waals surface area (Å²) in [5.41, 5.74) is 1.06. The Kier molecular flexibility index (Phi) is 4.91. The highest BCUT2D eigenvalue weighted by Gasteiger charge is 2.25. The van der Waals surface area contributed by atoms with Gasteiger partial charge in [0, 0.05) is 0 Å². The van der Waals surface area contributed by atoms with Crippen LogP contribution in [0.5, 0.6) is 0 Å². The van der Waals surface area contributed by atoms with Crippen molar-refractivity contribution in [3.63, 3.8) is 0 Å². The molecule has 0 bridgehead atoms. The summed E-state index contributed by atoms with van der Waals surface area (Å²) in [6.07, 6.45) is 0.755. The minimum absolute atomic E-state index is 0.331. The van der Waals surface area contributed by atoms with E-state index in [0.29, 0.717) is 12.5 Å². The molecular formula is C15H22O3. The Morgan fingerprint density at radius 3 is 2.39 bits per heavy atom. The Morgan fingerprint density at radius 2 is 1.89 bits per heavy atom. The largest absolute Gasteiger partial charge is 0.464 e. The van der Waals surface area contributed by atoms with Crippen LogP contribution < -0.4 is 0 Å². The first kappa shape index (κ1) is 14.7. The van der Waals surface area contributed by atoms with E-state index in [1.54, 1.807) is 0 Å². The van der Waals surface area contributed by atoms with Gasteiger partial charge in [-0.3, -0.25) is 0 Å². The molecule has 0 fully saturated rings. The van der Waals surface area contributed by atoms with Crippen molar-refractivity contribution < 1.29 is 14.6 Å². The molecule has 1 aromatic carbocycles. The van der Waals surface area contributed by atoms with Gasteiger partial charge in [-0.25, -0.2) is 4.79 Å². The highest BCUT2D eigenvalue weighted by Crippen LogP contribution is 2.19. The van der Waals surface area contributed by atoms with E-state index in [-0.39, 0.29) is 0 Å². The van der Waals surface area contributed by atoms with Gasteiger partial charge in [0.1, 0.15) is 0 Å². The highest BCUT2D eigenvalue weighted by atomic mass is 16.5. The lowest BCUT2D eigenvalue weighted by molar-refractivity contribution is -0.162. The Labute approximate surface area is 109 Å². The molecule has 1 atom stereocenters. The predicted octanol–water partition coefficient (Wildman–Crippen LogP) is 2.80. The molecule has 0 heterocycles. The molecule has 0 amide bonds. The molecule has 1 rings (SSSR count). The third-order valence-electron chi connectivity index (χ3n) is 2.93. The van der Waals surface area contributed by atoms with Crippen LogP contribution in [0.15, 0.2) is 24.3 Å². The molecule has 3 heteroatoms. The third kappa shape index (κ3) is 4.49. The molecule has 18 heavy (non-hydrogen) atoms. The second kappa shape index (κ2) is 6.01. The van der Waals surface area contributed by atoms with Gasteiger partial charge in [0.25, 0.3) is 0 Å². The summed E-state index contributed by atoms with van der Waals surface area (Å²) in [7, 11) is 0. The van der Waals surface area contributed by atoms with Gasteiger partial charge in [0.15, 0.2) is 5.60 Å². The molecule has 0 saturated carbocycles. The fourth-order valence-corrected chi connectivity index (χ4v) is 1.57. The van der Waals surface area contributed by atoms with Gasteiger partial charge in [-0.05, 0) is 38.7 Å². The zero-order valence-corrected chi connectivity index (χ0v) is 11.6. The number of hydrogen-bond donors (Lipinski definition) is 1. The fraction of sp³-hybridized carbons (Fsp3) is 0.533. The van der Waals surface area contributed by atoms with E-state index >= 15 is 0 Å². The number of hydrogen-bond acceptors (Lipinski definition) is 3. The van der Waals surface area contributed by atoms with Gasteiger partial charge in [0.2, 0.25) is 0 Å². The minimum Gasteiger partial charge on any atom is -0.464 e. The number of esters is 1. The lowest BCUT2D eigenvalue weighted by Gasteiger charge is -2.17. The first-order valence-corrected chi connectivity index (χ1v) is 6.27. The zero-order chi connectivity index (χ0) is 13.8. The summed E-state index contributed by atoms with van der Waals surface area (Å²) in [5.74, 6) is -0.237. The van der Waals surface area contributed by atoms with Crippen LogP contribution in [0.4, 0.5) is 0 Å². The molecule has 1 unspecified atom stereocenters. The molecule has 1 aromatic rings. The number of rotatable bonds is 5. The molecule has 0 aliphatic carbocycles. The van der Waals surface area contributed by atoms with E-state index in [2.05, 4.69) is 38.1 Å². The van der Waals surface area contributed by atoms with Crippen molar-refractivity contribution in [2.75, 3.05) is 6.61 Å². The number of carbonyl (C=O) groups is 1. The minimum atomic E-state index is -1.41. The summed E-state index contributed by atoms with van der Waals surface area (Å²) in [6.45, 7) is 7.34. The molecule has 1 N–H and O–H groups in total. The van der Waals surface area contributed by atoms with Crippen LogP contribution in [-0.4, -0.2) is 23.3 Å². The number of carbonyl (C=O) groups excluding carboxylic acids is 1. The molecule has 0 saturated heterocycles. The van der Waals surface area contributed by atoms with Crippen LogP contribution in [0.2, 0.25) is 0 Å². The number of aliphatic hydroxyl groups is 1. The quantitative estimate of drug-likeness (QED) is 0.817. The maximum absolute atomic E-state index is 11.4. The van der Waals surface area contributed by atoms with Crippen molar-refractivity contribution in [1.82, 2.24) is 0 Å². The van der Waals surface area contributed by atoms with Crippen molar-refractivity contribution in [3.05, 3.63) is 35.4 Å². The normalized spacial score (nSPS) is 13.2. The molecule has 3 nitrogen and oxygen atoms in total.